The van der Waals surface area contributed by atoms with Gasteiger partial charge in [-0.25, -0.2) is 0 Å². The smallest absolute Gasteiger partial charge is 0.282 e. The first-order valence-corrected chi connectivity index (χ1v) is 10.1. The number of quaternary nitrogens is 1. The third kappa shape index (κ3) is 4.30. The third-order valence-corrected chi connectivity index (χ3v) is 5.65. The molecule has 0 radical (unpaired) electrons. The SMILES string of the molecule is C[C@@H](C(=O)Nc1ccc2c(c1)OCCO2)[NH+]1CCN(c2ccc([N+](=O)[O-])cc2)CC1. The maximum absolute atomic E-state index is 12.8. The van der Waals surface area contributed by atoms with Crippen LogP contribution in [-0.4, -0.2) is 56.3 Å². The van der Waals surface area contributed by atoms with Gasteiger partial charge in [0, 0.05) is 29.6 Å². The standard InChI is InChI=1S/C21H24N4O5/c1-15(21(26)22-16-2-7-19-20(14-16)30-13-12-29-19)23-8-10-24(11-9-23)17-3-5-18(6-4-17)25(27)28/h2-7,14-15H,8-13H2,1H3,(H,22,26)/p+1/t15-/m0/s1. The zero-order chi connectivity index (χ0) is 21.1. The molecule has 1 atom stereocenters. The van der Waals surface area contributed by atoms with Crippen LogP contribution in [0.5, 0.6) is 11.5 Å². The highest BCUT2D eigenvalue weighted by Crippen LogP contribution is 2.32. The van der Waals surface area contributed by atoms with Crippen LogP contribution in [0.2, 0.25) is 0 Å². The summed E-state index contributed by atoms with van der Waals surface area (Å²) in [4.78, 5) is 26.6. The molecule has 2 aliphatic rings. The van der Waals surface area contributed by atoms with Crippen LogP contribution in [0.3, 0.4) is 0 Å². The first kappa shape index (κ1) is 20.0. The molecule has 2 aliphatic heterocycles. The maximum atomic E-state index is 12.8. The van der Waals surface area contributed by atoms with E-state index in [1.807, 2.05) is 19.1 Å². The van der Waals surface area contributed by atoms with Crippen LogP contribution in [0.25, 0.3) is 0 Å². The van der Waals surface area contributed by atoms with Crippen molar-refractivity contribution in [2.75, 3.05) is 49.6 Å². The van der Waals surface area contributed by atoms with Gasteiger partial charge in [0.25, 0.3) is 11.6 Å². The summed E-state index contributed by atoms with van der Waals surface area (Å²) in [7, 11) is 0. The number of benzene rings is 2. The van der Waals surface area contributed by atoms with Crippen LogP contribution in [0.15, 0.2) is 42.5 Å². The van der Waals surface area contributed by atoms with E-state index < -0.39 is 4.92 Å². The van der Waals surface area contributed by atoms with Gasteiger partial charge in [0.05, 0.1) is 31.1 Å². The summed E-state index contributed by atoms with van der Waals surface area (Å²) in [5, 5.41) is 13.8. The molecule has 2 N–H and O–H groups in total. The molecule has 0 aromatic heterocycles. The predicted molar refractivity (Wildman–Crippen MR) is 112 cm³/mol. The minimum atomic E-state index is -0.395. The Bertz CT molecular complexity index is 925. The van der Waals surface area contributed by atoms with Gasteiger partial charge in [-0.05, 0) is 31.2 Å². The number of hydrogen-bond acceptors (Lipinski definition) is 6. The number of carbonyl (C=O) groups is 1. The number of anilines is 2. The fraction of sp³-hybridized carbons (Fsp3) is 0.381. The number of fused-ring (bicyclic) bond motifs is 1. The number of hydrogen-bond donors (Lipinski definition) is 2. The molecule has 2 heterocycles. The zero-order valence-corrected chi connectivity index (χ0v) is 16.8. The second kappa shape index (κ2) is 8.58. The van der Waals surface area contributed by atoms with Gasteiger partial charge in [0.1, 0.15) is 13.2 Å². The van der Waals surface area contributed by atoms with Crippen LogP contribution in [-0.2, 0) is 4.79 Å². The first-order chi connectivity index (χ1) is 14.5. The van der Waals surface area contributed by atoms with E-state index in [9.17, 15) is 14.9 Å². The van der Waals surface area contributed by atoms with Crippen molar-refractivity contribution < 1.29 is 24.1 Å². The number of nitro groups is 1. The van der Waals surface area contributed by atoms with Gasteiger partial charge in [-0.15, -0.1) is 0 Å². The summed E-state index contributed by atoms with van der Waals surface area (Å²) < 4.78 is 11.1. The highest BCUT2D eigenvalue weighted by atomic mass is 16.6. The molecule has 2 aromatic rings. The minimum Gasteiger partial charge on any atom is -0.486 e. The molecule has 30 heavy (non-hydrogen) atoms. The Morgan fingerprint density at radius 1 is 1.10 bits per heavy atom. The van der Waals surface area contributed by atoms with Crippen molar-refractivity contribution in [3.63, 3.8) is 0 Å². The van der Waals surface area contributed by atoms with Gasteiger partial charge >= 0.3 is 0 Å². The largest absolute Gasteiger partial charge is 0.486 e. The average Bonchev–Trinajstić information content (AvgIpc) is 2.78. The second-order valence-electron chi connectivity index (χ2n) is 7.49. The van der Waals surface area contributed by atoms with Crippen LogP contribution in [0, 0.1) is 10.1 Å². The Morgan fingerprint density at radius 2 is 1.77 bits per heavy atom. The predicted octanol–water partition coefficient (Wildman–Crippen LogP) is 1.10. The van der Waals surface area contributed by atoms with E-state index >= 15 is 0 Å². The van der Waals surface area contributed by atoms with Crippen LogP contribution >= 0.6 is 0 Å². The summed E-state index contributed by atoms with van der Waals surface area (Å²) in [5.74, 6) is 1.31. The van der Waals surface area contributed by atoms with Crippen LogP contribution in [0.4, 0.5) is 17.1 Å². The molecule has 9 heteroatoms. The van der Waals surface area contributed by atoms with Crippen molar-refractivity contribution in [2.45, 2.75) is 13.0 Å². The summed E-state index contributed by atoms with van der Waals surface area (Å²) >= 11 is 0. The zero-order valence-electron chi connectivity index (χ0n) is 16.8. The molecule has 9 nitrogen and oxygen atoms in total. The summed E-state index contributed by atoms with van der Waals surface area (Å²) in [6.45, 7) is 6.17. The van der Waals surface area contributed by atoms with Gasteiger partial charge < -0.3 is 24.6 Å². The highest BCUT2D eigenvalue weighted by molar-refractivity contribution is 5.94. The lowest BCUT2D eigenvalue weighted by atomic mass is 10.2. The summed E-state index contributed by atoms with van der Waals surface area (Å²) in [6.07, 6.45) is 0. The molecule has 0 aliphatic carbocycles. The number of piperazine rings is 1. The Labute approximate surface area is 174 Å². The highest BCUT2D eigenvalue weighted by Gasteiger charge is 2.29. The lowest BCUT2D eigenvalue weighted by Crippen LogP contribution is -3.19. The number of non-ortho nitro benzene ring substituents is 1. The van der Waals surface area contributed by atoms with E-state index in [1.54, 1.807) is 18.2 Å². The summed E-state index contributed by atoms with van der Waals surface area (Å²) in [6, 6.07) is 11.8. The monoisotopic (exact) mass is 413 g/mol. The molecule has 0 bridgehead atoms. The fourth-order valence-electron chi connectivity index (χ4n) is 3.83. The first-order valence-electron chi connectivity index (χ1n) is 10.1. The van der Waals surface area contributed by atoms with E-state index in [0.717, 1.165) is 31.9 Å². The van der Waals surface area contributed by atoms with Gasteiger partial charge in [-0.1, -0.05) is 0 Å². The molecule has 4 rings (SSSR count). The van der Waals surface area contributed by atoms with Crippen molar-refractivity contribution in [3.05, 3.63) is 52.6 Å². The van der Waals surface area contributed by atoms with Crippen molar-refractivity contribution in [3.8, 4) is 11.5 Å². The van der Waals surface area contributed by atoms with Crippen molar-refractivity contribution in [1.82, 2.24) is 0 Å². The summed E-state index contributed by atoms with van der Waals surface area (Å²) in [5.41, 5.74) is 1.75. The number of amides is 1. The Balaban J connectivity index is 1.32. The van der Waals surface area contributed by atoms with Gasteiger partial charge in [0.15, 0.2) is 17.5 Å². The molecular weight excluding hydrogens is 388 g/mol. The van der Waals surface area contributed by atoms with E-state index in [2.05, 4.69) is 10.2 Å². The molecule has 158 valence electrons. The number of nitrogens with one attached hydrogen (secondary N) is 2. The number of rotatable bonds is 5. The van der Waals surface area contributed by atoms with Crippen molar-refractivity contribution in [2.24, 2.45) is 0 Å². The normalized spacial score (nSPS) is 17.3. The molecule has 1 saturated heterocycles. The third-order valence-electron chi connectivity index (χ3n) is 5.65. The van der Waals surface area contributed by atoms with Gasteiger partial charge in [0.2, 0.25) is 0 Å². The van der Waals surface area contributed by atoms with Crippen LogP contribution < -0.4 is 24.6 Å². The molecule has 2 aromatic carbocycles. The molecule has 1 fully saturated rings. The van der Waals surface area contributed by atoms with Gasteiger partial charge in [-0.2, -0.15) is 0 Å². The number of nitrogens with zero attached hydrogens (tertiary/aromatic N) is 2. The fourth-order valence-corrected chi connectivity index (χ4v) is 3.83. The van der Waals surface area contributed by atoms with Crippen LogP contribution in [0.1, 0.15) is 6.92 Å². The minimum absolute atomic E-state index is 0.0366. The Hall–Kier alpha value is -3.33. The number of carbonyl (C=O) groups excluding carboxylic acids is 1. The molecule has 0 unspecified atom stereocenters. The number of ether oxygens (including phenoxy) is 2. The molecule has 0 saturated carbocycles. The van der Waals surface area contributed by atoms with E-state index in [0.29, 0.717) is 30.4 Å². The topological polar surface area (TPSA) is 98.4 Å². The van der Waals surface area contributed by atoms with E-state index in [-0.39, 0.29) is 17.6 Å². The quantitative estimate of drug-likeness (QED) is 0.563. The maximum Gasteiger partial charge on any atom is 0.282 e. The number of nitro benzene ring substituents is 1. The lowest BCUT2D eigenvalue weighted by Gasteiger charge is -2.36. The van der Waals surface area contributed by atoms with E-state index in [1.165, 1.54) is 17.0 Å². The second-order valence-corrected chi connectivity index (χ2v) is 7.49. The lowest BCUT2D eigenvalue weighted by molar-refractivity contribution is -0.914. The van der Waals surface area contributed by atoms with Crippen molar-refractivity contribution in [1.29, 1.82) is 0 Å². The van der Waals surface area contributed by atoms with E-state index in [4.69, 9.17) is 9.47 Å². The average molecular weight is 413 g/mol. The molecule has 1 amide bonds. The Kier molecular flexibility index (Phi) is 5.71. The molecular formula is C21H25N4O5+. The van der Waals surface area contributed by atoms with Gasteiger partial charge in [-0.3, -0.25) is 14.9 Å². The Morgan fingerprint density at radius 3 is 2.43 bits per heavy atom. The van der Waals surface area contributed by atoms with Crippen molar-refractivity contribution >= 4 is 23.0 Å². The molecule has 0 spiro atoms.